The van der Waals surface area contributed by atoms with Gasteiger partial charge in [-0.1, -0.05) is 13.0 Å². The van der Waals surface area contributed by atoms with E-state index in [1.54, 1.807) is 25.1 Å². The molecule has 0 N–H and O–H groups in total. The molecule has 0 bridgehead atoms. The maximum absolute atomic E-state index is 12.8. The van der Waals surface area contributed by atoms with Crippen molar-refractivity contribution in [2.45, 2.75) is 40.2 Å². The number of benzene rings is 2. The zero-order valence-electron chi connectivity index (χ0n) is 17.0. The Kier molecular flexibility index (Phi) is 6.22. The Morgan fingerprint density at radius 1 is 1.03 bits per heavy atom. The molecule has 0 radical (unpaired) electrons. The number of carbonyl (C=O) groups is 1. The second-order valence-electron chi connectivity index (χ2n) is 6.78. The highest BCUT2D eigenvalue weighted by atomic mass is 16.6. The summed E-state index contributed by atoms with van der Waals surface area (Å²) in [6, 6.07) is 10.5. The topological polar surface area (TPSA) is 75.0 Å². The van der Waals surface area contributed by atoms with E-state index in [0.29, 0.717) is 28.9 Å². The molecule has 0 spiro atoms. The van der Waals surface area contributed by atoms with Gasteiger partial charge in [0.25, 0.3) is 0 Å². The van der Waals surface area contributed by atoms with Crippen LogP contribution in [0.2, 0.25) is 0 Å². The molecule has 2 aromatic carbocycles. The van der Waals surface area contributed by atoms with E-state index in [2.05, 4.69) is 0 Å². The van der Waals surface area contributed by atoms with Crippen molar-refractivity contribution in [2.24, 2.45) is 0 Å². The van der Waals surface area contributed by atoms with E-state index in [0.717, 1.165) is 11.1 Å². The van der Waals surface area contributed by atoms with Gasteiger partial charge in [-0.2, -0.15) is 0 Å². The first-order chi connectivity index (χ1) is 13.9. The molecule has 0 aliphatic heterocycles. The van der Waals surface area contributed by atoms with E-state index in [4.69, 9.17) is 18.6 Å². The molecule has 3 aromatic rings. The number of ether oxygens (including phenoxy) is 3. The molecule has 1 aromatic heterocycles. The van der Waals surface area contributed by atoms with E-state index in [9.17, 15) is 9.59 Å². The number of hydrogen-bond donors (Lipinski definition) is 0. The normalized spacial score (nSPS) is 11.9. The molecule has 0 fully saturated rings. The highest BCUT2D eigenvalue weighted by Crippen LogP contribution is 2.26. The fourth-order valence-corrected chi connectivity index (χ4v) is 3.05. The van der Waals surface area contributed by atoms with Gasteiger partial charge in [0.2, 0.25) is 11.2 Å². The van der Waals surface area contributed by atoms with Crippen molar-refractivity contribution in [2.75, 3.05) is 6.61 Å². The van der Waals surface area contributed by atoms with Crippen LogP contribution in [0.5, 0.6) is 17.2 Å². The molecule has 0 amide bonds. The summed E-state index contributed by atoms with van der Waals surface area (Å²) in [5, 5.41) is 0.364. The van der Waals surface area contributed by atoms with Gasteiger partial charge in [-0.15, -0.1) is 0 Å². The highest BCUT2D eigenvalue weighted by molar-refractivity contribution is 5.79. The third kappa shape index (κ3) is 4.77. The molecule has 0 aliphatic rings. The summed E-state index contributed by atoms with van der Waals surface area (Å²) in [5.74, 6) is 0.681. The van der Waals surface area contributed by atoms with Crippen molar-refractivity contribution in [1.29, 1.82) is 0 Å². The fourth-order valence-electron chi connectivity index (χ4n) is 3.05. The van der Waals surface area contributed by atoms with Crippen LogP contribution in [0.15, 0.2) is 51.9 Å². The van der Waals surface area contributed by atoms with Crippen LogP contribution in [-0.4, -0.2) is 18.7 Å². The molecule has 0 saturated carbocycles. The van der Waals surface area contributed by atoms with Gasteiger partial charge in [-0.3, -0.25) is 4.79 Å². The van der Waals surface area contributed by atoms with Gasteiger partial charge in [0.1, 0.15) is 23.3 Å². The Bertz CT molecular complexity index is 1060. The first-order valence-electron chi connectivity index (χ1n) is 9.56. The van der Waals surface area contributed by atoms with E-state index >= 15 is 0 Å². The standard InChI is InChI=1S/C23H24O6/c1-5-19(23(25)26-6-2)28-16-7-8-18-20(12-16)27-13-21(22(18)24)29-17-10-14(3)9-15(4)11-17/h7-13,19H,5-6H2,1-4H3/t19-/m1/s1. The molecule has 6 heteroatoms. The Morgan fingerprint density at radius 3 is 2.41 bits per heavy atom. The van der Waals surface area contributed by atoms with Crippen molar-refractivity contribution in [3.05, 3.63) is 64.0 Å². The number of rotatable bonds is 7. The first-order valence-corrected chi connectivity index (χ1v) is 9.56. The van der Waals surface area contributed by atoms with Gasteiger partial charge < -0.3 is 18.6 Å². The average molecular weight is 396 g/mol. The van der Waals surface area contributed by atoms with Crippen LogP contribution < -0.4 is 14.9 Å². The number of fused-ring (bicyclic) bond motifs is 1. The van der Waals surface area contributed by atoms with Gasteiger partial charge in [0.05, 0.1) is 12.0 Å². The minimum atomic E-state index is -0.716. The first kappa shape index (κ1) is 20.5. The molecule has 6 nitrogen and oxygen atoms in total. The maximum atomic E-state index is 12.8. The Balaban J connectivity index is 1.87. The summed E-state index contributed by atoms with van der Waals surface area (Å²) < 4.78 is 22.1. The highest BCUT2D eigenvalue weighted by Gasteiger charge is 2.20. The largest absolute Gasteiger partial charge is 0.479 e. The molecule has 29 heavy (non-hydrogen) atoms. The number of aryl methyl sites for hydroxylation is 2. The minimum Gasteiger partial charge on any atom is -0.479 e. The monoisotopic (exact) mass is 396 g/mol. The summed E-state index contributed by atoms with van der Waals surface area (Å²) in [5.41, 5.74) is 2.14. The van der Waals surface area contributed by atoms with Crippen molar-refractivity contribution >= 4 is 16.9 Å². The minimum absolute atomic E-state index is 0.106. The lowest BCUT2D eigenvalue weighted by Gasteiger charge is -2.16. The second kappa shape index (κ2) is 8.82. The second-order valence-corrected chi connectivity index (χ2v) is 6.78. The van der Waals surface area contributed by atoms with Crippen molar-refractivity contribution in [1.82, 2.24) is 0 Å². The average Bonchev–Trinajstić information content (AvgIpc) is 2.67. The molecular weight excluding hydrogens is 372 g/mol. The summed E-state index contributed by atoms with van der Waals surface area (Å²) in [7, 11) is 0. The maximum Gasteiger partial charge on any atom is 0.347 e. The molecule has 1 atom stereocenters. The fraction of sp³-hybridized carbons (Fsp3) is 0.304. The van der Waals surface area contributed by atoms with Gasteiger partial charge in [0.15, 0.2) is 6.10 Å². The lowest BCUT2D eigenvalue weighted by atomic mass is 10.1. The Hall–Kier alpha value is -3.28. The predicted octanol–water partition coefficient (Wildman–Crippen LogP) is 4.92. The molecule has 0 saturated heterocycles. The van der Waals surface area contributed by atoms with Gasteiger partial charge in [-0.25, -0.2) is 4.79 Å². The smallest absolute Gasteiger partial charge is 0.347 e. The third-order valence-electron chi connectivity index (χ3n) is 4.34. The van der Waals surface area contributed by atoms with Crippen LogP contribution in [0.4, 0.5) is 0 Å². The number of carbonyl (C=O) groups excluding carboxylic acids is 1. The summed E-state index contributed by atoms with van der Waals surface area (Å²) in [6.45, 7) is 7.79. The Labute approximate surface area is 169 Å². The zero-order valence-corrected chi connectivity index (χ0v) is 17.0. The van der Waals surface area contributed by atoms with Crippen LogP contribution in [0.25, 0.3) is 11.0 Å². The molecule has 1 heterocycles. The van der Waals surface area contributed by atoms with E-state index in [-0.39, 0.29) is 17.8 Å². The number of esters is 1. The number of hydrogen-bond acceptors (Lipinski definition) is 6. The molecule has 0 unspecified atom stereocenters. The summed E-state index contributed by atoms with van der Waals surface area (Å²) >= 11 is 0. The third-order valence-corrected chi connectivity index (χ3v) is 4.34. The molecule has 0 aliphatic carbocycles. The van der Waals surface area contributed by atoms with E-state index in [1.807, 2.05) is 39.0 Å². The van der Waals surface area contributed by atoms with Crippen LogP contribution in [-0.2, 0) is 9.53 Å². The van der Waals surface area contributed by atoms with E-state index < -0.39 is 12.1 Å². The van der Waals surface area contributed by atoms with Crippen LogP contribution in [0, 0.1) is 13.8 Å². The SMILES string of the molecule is CCOC(=O)[C@@H](CC)Oc1ccc2c(=O)c(Oc3cc(C)cc(C)c3)coc2c1. The molecule has 3 rings (SSSR count). The Morgan fingerprint density at radius 2 is 1.76 bits per heavy atom. The molecule has 152 valence electrons. The van der Waals surface area contributed by atoms with E-state index in [1.165, 1.54) is 6.26 Å². The van der Waals surface area contributed by atoms with Gasteiger partial charge in [-0.05, 0) is 62.6 Å². The van der Waals surface area contributed by atoms with Crippen LogP contribution >= 0.6 is 0 Å². The van der Waals surface area contributed by atoms with Crippen molar-refractivity contribution < 1.29 is 23.4 Å². The van der Waals surface area contributed by atoms with Crippen LogP contribution in [0.1, 0.15) is 31.4 Å². The lowest BCUT2D eigenvalue weighted by Crippen LogP contribution is -2.28. The van der Waals surface area contributed by atoms with Crippen LogP contribution in [0.3, 0.4) is 0 Å². The molecular formula is C23H24O6. The zero-order chi connectivity index (χ0) is 21.0. The summed E-state index contributed by atoms with van der Waals surface area (Å²) in [4.78, 5) is 24.7. The quantitative estimate of drug-likeness (QED) is 0.528. The van der Waals surface area contributed by atoms with Gasteiger partial charge >= 0.3 is 5.97 Å². The van der Waals surface area contributed by atoms with Crippen molar-refractivity contribution in [3.63, 3.8) is 0 Å². The summed E-state index contributed by atoms with van der Waals surface area (Å²) in [6.07, 6.45) is 1.03. The lowest BCUT2D eigenvalue weighted by molar-refractivity contribution is -0.151. The van der Waals surface area contributed by atoms with Gasteiger partial charge in [0, 0.05) is 6.07 Å². The van der Waals surface area contributed by atoms with Crippen molar-refractivity contribution in [3.8, 4) is 17.2 Å². The predicted molar refractivity (Wildman–Crippen MR) is 110 cm³/mol.